The first-order chi connectivity index (χ1) is 12.6. The monoisotopic (exact) mass is 369 g/mol. The lowest BCUT2D eigenvalue weighted by Crippen LogP contribution is -2.17. The molecule has 3 aromatic rings. The van der Waals surface area contributed by atoms with Gasteiger partial charge < -0.3 is 14.4 Å². The highest BCUT2D eigenvalue weighted by molar-refractivity contribution is 6.31. The summed E-state index contributed by atoms with van der Waals surface area (Å²) >= 11 is 6.16. The van der Waals surface area contributed by atoms with E-state index in [1.54, 1.807) is 29.8 Å². The van der Waals surface area contributed by atoms with E-state index in [9.17, 15) is 9.90 Å². The van der Waals surface area contributed by atoms with Crippen LogP contribution in [0.4, 0.5) is 0 Å². The van der Waals surface area contributed by atoms with Gasteiger partial charge in [-0.25, -0.2) is 0 Å². The van der Waals surface area contributed by atoms with Gasteiger partial charge in [0.05, 0.1) is 18.3 Å². The fourth-order valence-electron chi connectivity index (χ4n) is 2.79. The fraction of sp³-hybridized carbons (Fsp3) is 0.190. The Bertz CT molecular complexity index is 937. The molecule has 5 heteroatoms. The molecule has 4 nitrogen and oxygen atoms in total. The molecule has 1 aromatic heterocycles. The standard InChI is InChI=1S/C21H20ClNO3/c1-15-21(26-14-16-7-3-2-4-8-16)19(24)11-12-23(15)13-20(25)17-9-5-6-10-18(17)22/h2-12,20,25H,13-14H2,1H3/t20-/m1/s1. The average Bonchev–Trinajstić information content (AvgIpc) is 2.65. The van der Waals surface area contributed by atoms with Crippen molar-refractivity contribution in [1.29, 1.82) is 0 Å². The van der Waals surface area contributed by atoms with Gasteiger partial charge in [0.2, 0.25) is 5.43 Å². The summed E-state index contributed by atoms with van der Waals surface area (Å²) in [4.78, 5) is 12.2. The fourth-order valence-corrected chi connectivity index (χ4v) is 3.05. The van der Waals surface area contributed by atoms with E-state index in [0.717, 1.165) is 5.56 Å². The minimum atomic E-state index is -0.785. The number of hydrogen-bond acceptors (Lipinski definition) is 3. The van der Waals surface area contributed by atoms with Gasteiger partial charge in [-0.3, -0.25) is 4.79 Å². The van der Waals surface area contributed by atoms with Gasteiger partial charge in [-0.2, -0.15) is 0 Å². The minimum absolute atomic E-state index is 0.179. The summed E-state index contributed by atoms with van der Waals surface area (Å²) in [7, 11) is 0. The van der Waals surface area contributed by atoms with Crippen molar-refractivity contribution < 1.29 is 9.84 Å². The first kappa shape index (κ1) is 18.2. The van der Waals surface area contributed by atoms with E-state index in [0.29, 0.717) is 28.6 Å². The number of ether oxygens (including phenoxy) is 1. The number of aliphatic hydroxyl groups excluding tert-OH is 1. The largest absolute Gasteiger partial charge is 0.483 e. The number of benzene rings is 2. The molecule has 1 heterocycles. The molecule has 1 atom stereocenters. The second-order valence-electron chi connectivity index (χ2n) is 6.06. The van der Waals surface area contributed by atoms with Crippen LogP contribution in [0.2, 0.25) is 5.02 Å². The Hall–Kier alpha value is -2.56. The third kappa shape index (κ3) is 4.15. The Morgan fingerprint density at radius 2 is 1.77 bits per heavy atom. The highest BCUT2D eigenvalue weighted by Gasteiger charge is 2.15. The molecule has 0 radical (unpaired) electrons. The zero-order valence-corrected chi connectivity index (χ0v) is 15.2. The van der Waals surface area contributed by atoms with Crippen LogP contribution >= 0.6 is 11.6 Å². The van der Waals surface area contributed by atoms with Crippen LogP contribution < -0.4 is 10.2 Å². The van der Waals surface area contributed by atoms with Crippen molar-refractivity contribution in [2.45, 2.75) is 26.2 Å². The van der Waals surface area contributed by atoms with E-state index >= 15 is 0 Å². The Morgan fingerprint density at radius 1 is 1.08 bits per heavy atom. The molecule has 0 bridgehead atoms. The molecule has 0 aliphatic rings. The molecule has 0 amide bonds. The number of halogens is 1. The number of nitrogens with zero attached hydrogens (tertiary/aromatic N) is 1. The van der Waals surface area contributed by atoms with Gasteiger partial charge in [0.25, 0.3) is 0 Å². The maximum atomic E-state index is 12.2. The summed E-state index contributed by atoms with van der Waals surface area (Å²) in [6, 6.07) is 18.3. The predicted octanol–water partition coefficient (Wildman–Crippen LogP) is 4.12. The van der Waals surface area contributed by atoms with Crippen LogP contribution in [0, 0.1) is 6.92 Å². The van der Waals surface area contributed by atoms with Gasteiger partial charge >= 0.3 is 0 Å². The molecule has 0 fully saturated rings. The van der Waals surface area contributed by atoms with E-state index in [4.69, 9.17) is 16.3 Å². The Labute approximate surface area is 157 Å². The maximum Gasteiger partial charge on any atom is 0.223 e. The molecular formula is C21H20ClNO3. The number of pyridine rings is 1. The highest BCUT2D eigenvalue weighted by atomic mass is 35.5. The molecule has 2 aromatic carbocycles. The summed E-state index contributed by atoms with van der Waals surface area (Å²) in [6.07, 6.45) is 0.875. The maximum absolute atomic E-state index is 12.2. The normalized spacial score (nSPS) is 12.0. The van der Waals surface area contributed by atoms with Crippen LogP contribution in [0.25, 0.3) is 0 Å². The molecular weight excluding hydrogens is 350 g/mol. The number of hydrogen-bond donors (Lipinski definition) is 1. The summed E-state index contributed by atoms with van der Waals surface area (Å²) < 4.78 is 7.57. The lowest BCUT2D eigenvalue weighted by atomic mass is 10.1. The quantitative estimate of drug-likeness (QED) is 0.711. The number of aliphatic hydroxyl groups is 1. The first-order valence-corrected chi connectivity index (χ1v) is 8.73. The molecule has 0 unspecified atom stereocenters. The van der Waals surface area contributed by atoms with Gasteiger partial charge in [0.15, 0.2) is 5.75 Å². The smallest absolute Gasteiger partial charge is 0.223 e. The van der Waals surface area contributed by atoms with E-state index in [1.807, 2.05) is 42.5 Å². The lowest BCUT2D eigenvalue weighted by Gasteiger charge is -2.19. The van der Waals surface area contributed by atoms with E-state index in [2.05, 4.69) is 0 Å². The van der Waals surface area contributed by atoms with E-state index in [1.165, 1.54) is 6.07 Å². The van der Waals surface area contributed by atoms with E-state index in [-0.39, 0.29) is 12.0 Å². The SMILES string of the molecule is Cc1c(OCc2ccccc2)c(=O)ccn1C[C@@H](O)c1ccccc1Cl. The predicted molar refractivity (Wildman–Crippen MR) is 103 cm³/mol. The molecule has 26 heavy (non-hydrogen) atoms. The van der Waals surface area contributed by atoms with Crippen LogP contribution in [0.5, 0.6) is 5.75 Å². The van der Waals surface area contributed by atoms with Gasteiger partial charge in [-0.15, -0.1) is 0 Å². The Balaban J connectivity index is 1.81. The van der Waals surface area contributed by atoms with Crippen molar-refractivity contribution >= 4 is 11.6 Å². The van der Waals surface area contributed by atoms with Crippen molar-refractivity contribution in [3.05, 3.63) is 98.9 Å². The van der Waals surface area contributed by atoms with Crippen LogP contribution in [0.3, 0.4) is 0 Å². The molecule has 0 saturated heterocycles. The molecule has 134 valence electrons. The Morgan fingerprint density at radius 3 is 2.50 bits per heavy atom. The number of aromatic nitrogens is 1. The summed E-state index contributed by atoms with van der Waals surface area (Å²) in [6.45, 7) is 2.40. The van der Waals surface area contributed by atoms with Crippen LogP contribution in [-0.2, 0) is 13.2 Å². The zero-order valence-electron chi connectivity index (χ0n) is 14.4. The van der Waals surface area contributed by atoms with Crippen molar-refractivity contribution in [2.75, 3.05) is 0 Å². The number of rotatable bonds is 6. The van der Waals surface area contributed by atoms with Crippen molar-refractivity contribution in [1.82, 2.24) is 4.57 Å². The van der Waals surface area contributed by atoms with Crippen molar-refractivity contribution in [2.24, 2.45) is 0 Å². The molecule has 0 spiro atoms. The third-order valence-corrected chi connectivity index (χ3v) is 4.59. The molecule has 0 saturated carbocycles. The highest BCUT2D eigenvalue weighted by Crippen LogP contribution is 2.25. The molecule has 0 aliphatic heterocycles. The second kappa shape index (κ2) is 8.21. The van der Waals surface area contributed by atoms with Gasteiger partial charge in [0.1, 0.15) is 6.61 Å². The van der Waals surface area contributed by atoms with Gasteiger partial charge in [0, 0.05) is 22.8 Å². The summed E-state index contributed by atoms with van der Waals surface area (Å²) in [5.74, 6) is 0.294. The van der Waals surface area contributed by atoms with E-state index < -0.39 is 6.10 Å². The topological polar surface area (TPSA) is 51.5 Å². The first-order valence-electron chi connectivity index (χ1n) is 8.35. The van der Waals surface area contributed by atoms with Crippen LogP contribution in [0.1, 0.15) is 22.9 Å². The molecule has 0 aliphatic carbocycles. The van der Waals surface area contributed by atoms with Gasteiger partial charge in [-0.1, -0.05) is 60.1 Å². The second-order valence-corrected chi connectivity index (χ2v) is 6.47. The van der Waals surface area contributed by atoms with Crippen molar-refractivity contribution in [3.8, 4) is 5.75 Å². The molecule has 3 rings (SSSR count). The Kier molecular flexibility index (Phi) is 5.76. The zero-order chi connectivity index (χ0) is 18.5. The average molecular weight is 370 g/mol. The lowest BCUT2D eigenvalue weighted by molar-refractivity contribution is 0.154. The van der Waals surface area contributed by atoms with Crippen molar-refractivity contribution in [3.63, 3.8) is 0 Å². The minimum Gasteiger partial charge on any atom is -0.483 e. The van der Waals surface area contributed by atoms with Gasteiger partial charge in [-0.05, 0) is 18.6 Å². The van der Waals surface area contributed by atoms with Crippen LogP contribution in [-0.4, -0.2) is 9.67 Å². The summed E-state index contributed by atoms with van der Waals surface area (Å²) in [5.41, 5.74) is 2.12. The third-order valence-electron chi connectivity index (χ3n) is 4.25. The summed E-state index contributed by atoms with van der Waals surface area (Å²) in [5, 5.41) is 11.0. The molecule has 1 N–H and O–H groups in total. The van der Waals surface area contributed by atoms with Crippen LogP contribution in [0.15, 0.2) is 71.7 Å².